The number of rotatable bonds is 6. The van der Waals surface area contributed by atoms with Gasteiger partial charge in [-0.05, 0) is 32.4 Å². The number of carbonyl (C=O) groups is 1. The minimum atomic E-state index is -1.18. The first-order valence-corrected chi connectivity index (χ1v) is 7.37. The van der Waals surface area contributed by atoms with Gasteiger partial charge < -0.3 is 11.1 Å². The second-order valence-corrected chi connectivity index (χ2v) is 6.23. The van der Waals surface area contributed by atoms with Gasteiger partial charge in [-0.15, -0.1) is 0 Å². The molecule has 3 N–H and O–H groups in total. The average molecular weight is 268 g/mol. The summed E-state index contributed by atoms with van der Waals surface area (Å²) in [6.45, 7) is 3.54. The Labute approximate surface area is 110 Å². The molecule has 0 heterocycles. The van der Waals surface area contributed by atoms with E-state index in [1.807, 2.05) is 25.1 Å². The smallest absolute Gasteiger partial charge is 0.239 e. The van der Waals surface area contributed by atoms with Gasteiger partial charge in [-0.25, -0.2) is 0 Å². The number of carbonyl (C=O) groups excluding carboxylic acids is 1. The highest BCUT2D eigenvalue weighted by molar-refractivity contribution is 7.86. The maximum atomic E-state index is 11.9. The van der Waals surface area contributed by atoms with Gasteiger partial charge in [-0.2, -0.15) is 0 Å². The van der Waals surface area contributed by atoms with Crippen LogP contribution in [0.15, 0.2) is 30.3 Å². The number of benzene rings is 1. The van der Waals surface area contributed by atoms with Crippen molar-refractivity contribution in [3.8, 4) is 0 Å². The summed E-state index contributed by atoms with van der Waals surface area (Å²) in [7, 11) is -1.18. The zero-order valence-electron chi connectivity index (χ0n) is 10.8. The average Bonchev–Trinajstić information content (AvgIpc) is 2.36. The summed E-state index contributed by atoms with van der Waals surface area (Å²) in [6.07, 6.45) is 0.662. The zero-order chi connectivity index (χ0) is 13.5. The van der Waals surface area contributed by atoms with Crippen molar-refractivity contribution in [1.29, 1.82) is 0 Å². The van der Waals surface area contributed by atoms with Crippen LogP contribution in [-0.4, -0.2) is 27.2 Å². The maximum Gasteiger partial charge on any atom is 0.239 e. The molecule has 5 heteroatoms. The number of nitrogens with two attached hydrogens (primary N) is 1. The molecule has 0 bridgehead atoms. The van der Waals surface area contributed by atoms with Crippen LogP contribution >= 0.6 is 0 Å². The first-order valence-electron chi connectivity index (χ1n) is 5.99. The van der Waals surface area contributed by atoms with Crippen molar-refractivity contribution < 1.29 is 9.00 Å². The van der Waals surface area contributed by atoms with Crippen LogP contribution in [0, 0.1) is 0 Å². The predicted molar refractivity (Wildman–Crippen MR) is 75.8 cm³/mol. The van der Waals surface area contributed by atoms with Gasteiger partial charge in [0.25, 0.3) is 0 Å². The molecule has 0 aliphatic heterocycles. The molecular formula is C13H20N2O2S. The molecule has 0 spiro atoms. The van der Waals surface area contributed by atoms with Crippen molar-refractivity contribution in [2.45, 2.75) is 31.6 Å². The quantitative estimate of drug-likeness (QED) is 0.821. The minimum absolute atomic E-state index is 0.0123. The number of nitrogens with one attached hydrogen (secondary N) is 1. The van der Waals surface area contributed by atoms with Gasteiger partial charge in [0.15, 0.2) is 0 Å². The van der Waals surface area contributed by atoms with E-state index in [2.05, 4.69) is 5.32 Å². The first kappa shape index (κ1) is 14.9. The molecule has 0 aliphatic carbocycles. The van der Waals surface area contributed by atoms with Crippen molar-refractivity contribution in [2.24, 2.45) is 5.73 Å². The third-order valence-corrected chi connectivity index (χ3v) is 4.22. The van der Waals surface area contributed by atoms with Gasteiger partial charge in [-0.3, -0.25) is 9.00 Å². The standard InChI is InChI=1S/C13H20N2O2S/c1-10(14)8-9-18(17)11(2)13(16)15-12-6-4-3-5-7-12/h3-7,10-11H,8-9,14H2,1-2H3,(H,15,16). The van der Waals surface area contributed by atoms with E-state index in [-0.39, 0.29) is 11.9 Å². The van der Waals surface area contributed by atoms with Crippen LogP contribution in [0.4, 0.5) is 5.69 Å². The molecule has 100 valence electrons. The topological polar surface area (TPSA) is 72.2 Å². The van der Waals surface area contributed by atoms with Crippen molar-refractivity contribution >= 4 is 22.4 Å². The van der Waals surface area contributed by atoms with Gasteiger partial charge in [0.2, 0.25) is 5.91 Å². The lowest BCUT2D eigenvalue weighted by Gasteiger charge is -2.13. The molecular weight excluding hydrogens is 248 g/mol. The van der Waals surface area contributed by atoms with E-state index < -0.39 is 16.0 Å². The molecule has 3 atom stereocenters. The molecule has 0 fully saturated rings. The molecule has 3 unspecified atom stereocenters. The molecule has 1 aromatic carbocycles. The fourth-order valence-electron chi connectivity index (χ4n) is 1.36. The van der Waals surface area contributed by atoms with Gasteiger partial charge >= 0.3 is 0 Å². The fourth-order valence-corrected chi connectivity index (χ4v) is 2.62. The molecule has 1 amide bonds. The number of hydrogen-bond acceptors (Lipinski definition) is 3. The lowest BCUT2D eigenvalue weighted by Crippen LogP contribution is -2.31. The van der Waals surface area contributed by atoms with Crippen LogP contribution in [-0.2, 0) is 15.6 Å². The molecule has 0 aromatic heterocycles. The van der Waals surface area contributed by atoms with Crippen LogP contribution in [0.2, 0.25) is 0 Å². The van der Waals surface area contributed by atoms with Crippen LogP contribution in [0.1, 0.15) is 20.3 Å². The fraction of sp³-hybridized carbons (Fsp3) is 0.462. The van der Waals surface area contributed by atoms with Crippen molar-refractivity contribution in [3.05, 3.63) is 30.3 Å². The van der Waals surface area contributed by atoms with Crippen molar-refractivity contribution in [3.63, 3.8) is 0 Å². The highest BCUT2D eigenvalue weighted by atomic mass is 32.2. The summed E-state index contributed by atoms with van der Waals surface area (Å²) in [6, 6.07) is 9.17. The Morgan fingerprint density at radius 3 is 2.50 bits per heavy atom. The van der Waals surface area contributed by atoms with Gasteiger partial charge in [-0.1, -0.05) is 18.2 Å². The monoisotopic (exact) mass is 268 g/mol. The molecule has 1 rings (SSSR count). The molecule has 0 aliphatic rings. The number of anilines is 1. The second kappa shape index (κ2) is 7.28. The molecule has 0 saturated heterocycles. The van der Waals surface area contributed by atoms with E-state index >= 15 is 0 Å². The summed E-state index contributed by atoms with van der Waals surface area (Å²) < 4.78 is 11.9. The largest absolute Gasteiger partial charge is 0.328 e. The van der Waals surface area contributed by atoms with Crippen LogP contribution in [0.3, 0.4) is 0 Å². The Morgan fingerprint density at radius 1 is 1.33 bits per heavy atom. The number of amides is 1. The Morgan fingerprint density at radius 2 is 1.94 bits per heavy atom. The van der Waals surface area contributed by atoms with Crippen molar-refractivity contribution in [1.82, 2.24) is 0 Å². The Balaban J connectivity index is 2.48. The summed E-state index contributed by atoms with van der Waals surface area (Å²) in [5, 5.41) is 2.22. The lowest BCUT2D eigenvalue weighted by molar-refractivity contribution is -0.115. The van der Waals surface area contributed by atoms with Crippen LogP contribution < -0.4 is 11.1 Å². The molecule has 0 radical (unpaired) electrons. The van der Waals surface area contributed by atoms with Crippen LogP contribution in [0.25, 0.3) is 0 Å². The second-order valence-electron chi connectivity index (χ2n) is 4.35. The lowest BCUT2D eigenvalue weighted by atomic mass is 10.3. The van der Waals surface area contributed by atoms with Crippen LogP contribution in [0.5, 0.6) is 0 Å². The summed E-state index contributed by atoms with van der Waals surface area (Å²) >= 11 is 0. The van der Waals surface area contributed by atoms with E-state index in [1.165, 1.54) is 0 Å². The Kier molecular flexibility index (Phi) is 6.01. The maximum absolute atomic E-state index is 11.9. The van der Waals surface area contributed by atoms with E-state index in [0.717, 1.165) is 5.69 Å². The predicted octanol–water partition coefficient (Wildman–Crippen LogP) is 1.50. The molecule has 1 aromatic rings. The van der Waals surface area contributed by atoms with E-state index in [1.54, 1.807) is 19.1 Å². The summed E-state index contributed by atoms with van der Waals surface area (Å²) in [4.78, 5) is 11.9. The first-order chi connectivity index (χ1) is 8.50. The van der Waals surface area contributed by atoms with E-state index in [4.69, 9.17) is 5.73 Å². The summed E-state index contributed by atoms with van der Waals surface area (Å²) in [5.41, 5.74) is 6.33. The minimum Gasteiger partial charge on any atom is -0.328 e. The third-order valence-electron chi connectivity index (χ3n) is 2.58. The van der Waals surface area contributed by atoms with Gasteiger partial charge in [0.05, 0.1) is 0 Å². The normalized spacial score (nSPS) is 15.7. The highest BCUT2D eigenvalue weighted by Crippen LogP contribution is 2.08. The molecule has 4 nitrogen and oxygen atoms in total. The highest BCUT2D eigenvalue weighted by Gasteiger charge is 2.19. The Hall–Kier alpha value is -1.20. The Bertz CT molecular complexity index is 407. The van der Waals surface area contributed by atoms with E-state index in [0.29, 0.717) is 12.2 Å². The van der Waals surface area contributed by atoms with Gasteiger partial charge in [0.1, 0.15) is 5.25 Å². The van der Waals surface area contributed by atoms with Crippen molar-refractivity contribution in [2.75, 3.05) is 11.1 Å². The molecule has 18 heavy (non-hydrogen) atoms. The zero-order valence-corrected chi connectivity index (χ0v) is 11.6. The van der Waals surface area contributed by atoms with E-state index in [9.17, 15) is 9.00 Å². The number of para-hydroxylation sites is 1. The summed E-state index contributed by atoms with van der Waals surface area (Å²) in [5.74, 6) is 0.241. The SMILES string of the molecule is CC(N)CCS(=O)C(C)C(=O)Nc1ccccc1. The third kappa shape index (κ3) is 4.98. The molecule has 0 saturated carbocycles. The van der Waals surface area contributed by atoms with Gasteiger partial charge in [0, 0.05) is 28.3 Å². The number of hydrogen-bond donors (Lipinski definition) is 2.